The van der Waals surface area contributed by atoms with Gasteiger partial charge in [-0.05, 0) is 44.0 Å². The third-order valence-corrected chi connectivity index (χ3v) is 3.97. The number of nitrogens with one attached hydrogen (secondary N) is 1. The van der Waals surface area contributed by atoms with Gasteiger partial charge in [-0.25, -0.2) is 0 Å². The van der Waals surface area contributed by atoms with Crippen molar-refractivity contribution in [1.82, 2.24) is 4.90 Å². The number of imide groups is 1. The van der Waals surface area contributed by atoms with Crippen molar-refractivity contribution in [3.8, 4) is 0 Å². The summed E-state index contributed by atoms with van der Waals surface area (Å²) in [4.78, 5) is 25.9. The number of hydrogen-bond acceptors (Lipinski definition) is 3. The van der Waals surface area contributed by atoms with Crippen LogP contribution in [0.3, 0.4) is 0 Å². The Bertz CT molecular complexity index is 722. The average molecular weight is 294 g/mol. The second-order valence-corrected chi connectivity index (χ2v) is 5.69. The van der Waals surface area contributed by atoms with E-state index in [1.54, 1.807) is 24.3 Å². The topological polar surface area (TPSA) is 49.4 Å². The van der Waals surface area contributed by atoms with Crippen LogP contribution in [0, 0.1) is 20.8 Å². The van der Waals surface area contributed by atoms with Gasteiger partial charge in [0.25, 0.3) is 11.8 Å². The molecule has 3 rings (SSSR count). The van der Waals surface area contributed by atoms with Crippen LogP contribution < -0.4 is 5.32 Å². The van der Waals surface area contributed by atoms with E-state index in [0.29, 0.717) is 11.1 Å². The molecule has 0 saturated heterocycles. The summed E-state index contributed by atoms with van der Waals surface area (Å²) in [7, 11) is 0. The van der Waals surface area contributed by atoms with Gasteiger partial charge in [0.1, 0.15) is 0 Å². The molecule has 0 saturated carbocycles. The Morgan fingerprint density at radius 2 is 1.41 bits per heavy atom. The highest BCUT2D eigenvalue weighted by molar-refractivity contribution is 6.21. The van der Waals surface area contributed by atoms with Crippen molar-refractivity contribution < 1.29 is 9.59 Å². The maximum Gasteiger partial charge on any atom is 0.263 e. The van der Waals surface area contributed by atoms with Crippen LogP contribution in [-0.2, 0) is 0 Å². The van der Waals surface area contributed by atoms with E-state index in [4.69, 9.17) is 0 Å². The molecule has 2 aromatic carbocycles. The molecule has 0 aliphatic carbocycles. The van der Waals surface area contributed by atoms with E-state index in [9.17, 15) is 9.59 Å². The third-order valence-electron chi connectivity index (χ3n) is 3.97. The number of rotatable bonds is 3. The molecule has 0 aromatic heterocycles. The summed E-state index contributed by atoms with van der Waals surface area (Å²) >= 11 is 0. The van der Waals surface area contributed by atoms with Crippen molar-refractivity contribution in [2.45, 2.75) is 20.8 Å². The fourth-order valence-electron chi connectivity index (χ4n) is 3.00. The van der Waals surface area contributed by atoms with Crippen LogP contribution in [0.1, 0.15) is 37.4 Å². The van der Waals surface area contributed by atoms with Gasteiger partial charge in [0, 0.05) is 5.69 Å². The third kappa shape index (κ3) is 2.26. The van der Waals surface area contributed by atoms with Crippen LogP contribution in [0.15, 0.2) is 36.4 Å². The number of fused-ring (bicyclic) bond motifs is 1. The van der Waals surface area contributed by atoms with Crippen molar-refractivity contribution in [2.75, 3.05) is 12.0 Å². The highest BCUT2D eigenvalue weighted by Gasteiger charge is 2.34. The monoisotopic (exact) mass is 294 g/mol. The highest BCUT2D eigenvalue weighted by atomic mass is 16.2. The number of anilines is 1. The van der Waals surface area contributed by atoms with E-state index >= 15 is 0 Å². The minimum atomic E-state index is -0.240. The predicted molar refractivity (Wildman–Crippen MR) is 86.1 cm³/mol. The van der Waals surface area contributed by atoms with Crippen molar-refractivity contribution >= 4 is 17.5 Å². The van der Waals surface area contributed by atoms with Crippen LogP contribution in [-0.4, -0.2) is 23.4 Å². The minimum Gasteiger partial charge on any atom is -0.367 e. The first kappa shape index (κ1) is 14.3. The van der Waals surface area contributed by atoms with Crippen molar-refractivity contribution in [3.63, 3.8) is 0 Å². The van der Waals surface area contributed by atoms with Gasteiger partial charge in [-0.15, -0.1) is 0 Å². The molecule has 1 heterocycles. The molecule has 0 radical (unpaired) electrons. The molecule has 0 bridgehead atoms. The summed E-state index contributed by atoms with van der Waals surface area (Å²) in [6.07, 6.45) is 0. The lowest BCUT2D eigenvalue weighted by Gasteiger charge is -2.19. The van der Waals surface area contributed by atoms with Crippen LogP contribution in [0.2, 0.25) is 0 Å². The van der Waals surface area contributed by atoms with Gasteiger partial charge >= 0.3 is 0 Å². The number of amides is 2. The Morgan fingerprint density at radius 1 is 0.909 bits per heavy atom. The maximum absolute atomic E-state index is 12.3. The summed E-state index contributed by atoms with van der Waals surface area (Å²) in [5, 5.41) is 3.23. The maximum atomic E-state index is 12.3. The summed E-state index contributed by atoms with van der Waals surface area (Å²) in [5.74, 6) is -0.481. The van der Waals surface area contributed by atoms with Gasteiger partial charge in [0.05, 0.1) is 17.8 Å². The average Bonchev–Trinajstić information content (AvgIpc) is 2.71. The molecule has 112 valence electrons. The Kier molecular flexibility index (Phi) is 3.45. The zero-order valence-electron chi connectivity index (χ0n) is 12.9. The number of carbonyl (C=O) groups excluding carboxylic acids is 2. The zero-order valence-corrected chi connectivity index (χ0v) is 12.9. The Labute approximate surface area is 129 Å². The fourth-order valence-corrected chi connectivity index (χ4v) is 3.00. The molecule has 0 spiro atoms. The highest BCUT2D eigenvalue weighted by Crippen LogP contribution is 2.25. The van der Waals surface area contributed by atoms with E-state index in [1.807, 2.05) is 20.8 Å². The Hall–Kier alpha value is -2.62. The second kappa shape index (κ2) is 5.30. The molecule has 1 aliphatic heterocycles. The normalized spacial score (nSPS) is 13.5. The molecule has 4 nitrogen and oxygen atoms in total. The molecule has 2 aromatic rings. The molecule has 0 unspecified atom stereocenters. The number of carbonyl (C=O) groups is 2. The fraction of sp³-hybridized carbons (Fsp3) is 0.222. The minimum absolute atomic E-state index is 0.178. The molecule has 2 amide bonds. The summed E-state index contributed by atoms with van der Waals surface area (Å²) in [6, 6.07) is 11.1. The molecule has 22 heavy (non-hydrogen) atoms. The quantitative estimate of drug-likeness (QED) is 0.884. The molecular weight excluding hydrogens is 276 g/mol. The molecule has 4 heteroatoms. The number of benzene rings is 2. The van der Waals surface area contributed by atoms with Crippen LogP contribution in [0.4, 0.5) is 5.69 Å². The lowest BCUT2D eigenvalue weighted by molar-refractivity contribution is 0.0665. The lowest BCUT2D eigenvalue weighted by Crippen LogP contribution is -2.34. The van der Waals surface area contributed by atoms with Crippen LogP contribution in [0.25, 0.3) is 0 Å². The lowest BCUT2D eigenvalue weighted by atomic mass is 10.1. The predicted octanol–water partition coefficient (Wildman–Crippen LogP) is 3.28. The van der Waals surface area contributed by atoms with Gasteiger partial charge in [-0.3, -0.25) is 14.5 Å². The van der Waals surface area contributed by atoms with Crippen molar-refractivity contribution in [3.05, 3.63) is 64.2 Å². The van der Waals surface area contributed by atoms with Crippen LogP contribution >= 0.6 is 0 Å². The first-order valence-corrected chi connectivity index (χ1v) is 7.26. The summed E-state index contributed by atoms with van der Waals surface area (Å²) in [6.45, 7) is 6.26. The Balaban J connectivity index is 1.82. The molecule has 0 fully saturated rings. The molecule has 0 atom stereocenters. The van der Waals surface area contributed by atoms with E-state index in [2.05, 4.69) is 17.4 Å². The Morgan fingerprint density at radius 3 is 1.91 bits per heavy atom. The van der Waals surface area contributed by atoms with Gasteiger partial charge in [-0.1, -0.05) is 29.8 Å². The zero-order chi connectivity index (χ0) is 15.9. The van der Waals surface area contributed by atoms with Crippen LogP contribution in [0.5, 0.6) is 0 Å². The first-order valence-electron chi connectivity index (χ1n) is 7.26. The van der Waals surface area contributed by atoms with Gasteiger partial charge < -0.3 is 5.32 Å². The number of aryl methyl sites for hydroxylation is 3. The molecule has 1 N–H and O–H groups in total. The van der Waals surface area contributed by atoms with E-state index in [0.717, 1.165) is 16.8 Å². The second-order valence-electron chi connectivity index (χ2n) is 5.69. The first-order chi connectivity index (χ1) is 10.5. The molecule has 1 aliphatic rings. The van der Waals surface area contributed by atoms with E-state index in [-0.39, 0.29) is 18.5 Å². The number of nitrogens with zero attached hydrogens (tertiary/aromatic N) is 1. The summed E-state index contributed by atoms with van der Waals surface area (Å²) < 4.78 is 0. The largest absolute Gasteiger partial charge is 0.367 e. The smallest absolute Gasteiger partial charge is 0.263 e. The number of hydrogen-bond donors (Lipinski definition) is 1. The van der Waals surface area contributed by atoms with Crippen molar-refractivity contribution in [2.24, 2.45) is 0 Å². The van der Waals surface area contributed by atoms with Crippen molar-refractivity contribution in [1.29, 1.82) is 0 Å². The van der Waals surface area contributed by atoms with Gasteiger partial charge in [0.2, 0.25) is 0 Å². The standard InChI is InChI=1S/C18H18N2O2/c1-11-8-12(2)16(13(3)9-11)19-10-20-17(21)14-6-4-5-7-15(14)18(20)22/h4-9,19H,10H2,1-3H3. The van der Waals surface area contributed by atoms with E-state index in [1.165, 1.54) is 10.5 Å². The van der Waals surface area contributed by atoms with E-state index < -0.39 is 0 Å². The van der Waals surface area contributed by atoms with Gasteiger partial charge in [-0.2, -0.15) is 0 Å². The summed E-state index contributed by atoms with van der Waals surface area (Å²) in [5.41, 5.74) is 5.34. The van der Waals surface area contributed by atoms with Gasteiger partial charge in [0.15, 0.2) is 0 Å². The molecular formula is C18H18N2O2. The SMILES string of the molecule is Cc1cc(C)c(NCN2C(=O)c3ccccc3C2=O)c(C)c1.